The minimum atomic E-state index is -3.61. The summed E-state index contributed by atoms with van der Waals surface area (Å²) in [7, 11) is -3.61. The van der Waals surface area contributed by atoms with Gasteiger partial charge in [-0.1, -0.05) is 20.8 Å². The number of nitrogens with one attached hydrogen (secondary N) is 2. The maximum Gasteiger partial charge on any atom is 0.240 e. The molecule has 1 aliphatic heterocycles. The second-order valence-electron chi connectivity index (χ2n) is 7.81. The van der Waals surface area contributed by atoms with Gasteiger partial charge in [0.2, 0.25) is 15.9 Å². The first-order chi connectivity index (χ1) is 13.2. The van der Waals surface area contributed by atoms with Crippen LogP contribution >= 0.6 is 11.8 Å². The molecule has 0 unspecified atom stereocenters. The summed E-state index contributed by atoms with van der Waals surface area (Å²) >= 11 is 1.47. The van der Waals surface area contributed by atoms with Crippen molar-refractivity contribution in [3.8, 4) is 0 Å². The van der Waals surface area contributed by atoms with Gasteiger partial charge in [0.1, 0.15) is 0 Å². The number of carbonyl (C=O) groups is 1. The molecule has 2 N–H and O–H groups in total. The molecule has 0 aliphatic carbocycles. The van der Waals surface area contributed by atoms with Gasteiger partial charge in [-0.05, 0) is 62.7 Å². The lowest BCUT2D eigenvalue weighted by molar-refractivity contribution is -0.118. The highest BCUT2D eigenvalue weighted by Crippen LogP contribution is 2.28. The minimum Gasteiger partial charge on any atom is -0.325 e. The van der Waals surface area contributed by atoms with E-state index in [0.29, 0.717) is 12.2 Å². The summed E-state index contributed by atoms with van der Waals surface area (Å²) < 4.78 is 28.0. The van der Waals surface area contributed by atoms with Crippen molar-refractivity contribution in [2.75, 3.05) is 37.8 Å². The van der Waals surface area contributed by atoms with Gasteiger partial charge >= 0.3 is 0 Å². The first-order valence-corrected chi connectivity index (χ1v) is 12.6. The van der Waals surface area contributed by atoms with Crippen molar-refractivity contribution < 1.29 is 13.2 Å². The van der Waals surface area contributed by atoms with Crippen LogP contribution < -0.4 is 10.0 Å². The van der Waals surface area contributed by atoms with Crippen molar-refractivity contribution in [2.24, 2.45) is 11.8 Å². The summed E-state index contributed by atoms with van der Waals surface area (Å²) in [5, 5.41) is 2.83. The standard InChI is InChI=1S/C20H33N3O3S2/c1-15(2)20(24)22-18-13-17(8-9-19(18)27-4)28(25,26)21-10-6-12-23-11-5-7-16(3)14-23/h8-9,13,15-16,21H,5-7,10-12,14H2,1-4H3,(H,22,24)/t16-/m1/s1. The lowest BCUT2D eigenvalue weighted by Crippen LogP contribution is -2.36. The molecular formula is C20H33N3O3S2. The molecule has 0 aromatic heterocycles. The van der Waals surface area contributed by atoms with Crippen molar-refractivity contribution in [1.82, 2.24) is 9.62 Å². The monoisotopic (exact) mass is 427 g/mol. The molecular weight excluding hydrogens is 394 g/mol. The normalized spacial score (nSPS) is 18.4. The molecule has 1 amide bonds. The van der Waals surface area contributed by atoms with E-state index >= 15 is 0 Å². The molecule has 1 aromatic rings. The molecule has 158 valence electrons. The molecule has 1 saturated heterocycles. The maximum absolute atomic E-state index is 12.7. The van der Waals surface area contributed by atoms with Crippen molar-refractivity contribution in [3.05, 3.63) is 18.2 Å². The van der Waals surface area contributed by atoms with E-state index in [-0.39, 0.29) is 16.7 Å². The Morgan fingerprint density at radius 3 is 2.75 bits per heavy atom. The van der Waals surface area contributed by atoms with E-state index in [0.717, 1.165) is 36.9 Å². The highest BCUT2D eigenvalue weighted by Gasteiger charge is 2.19. The number of rotatable bonds is 9. The summed E-state index contributed by atoms with van der Waals surface area (Å²) in [6, 6.07) is 4.87. The number of amides is 1. The molecule has 0 saturated carbocycles. The predicted octanol–water partition coefficient (Wildman–Crippen LogP) is 3.40. The molecule has 6 nitrogen and oxygen atoms in total. The molecule has 1 aromatic carbocycles. The van der Waals surface area contributed by atoms with Crippen LogP contribution in [0.25, 0.3) is 0 Å². The number of piperidine rings is 1. The predicted molar refractivity (Wildman–Crippen MR) is 116 cm³/mol. The minimum absolute atomic E-state index is 0.131. The zero-order valence-electron chi connectivity index (χ0n) is 17.3. The SMILES string of the molecule is CSc1ccc(S(=O)(=O)NCCCN2CCC[C@@H](C)C2)cc1NC(=O)C(C)C. The van der Waals surface area contributed by atoms with E-state index in [1.165, 1.54) is 24.6 Å². The lowest BCUT2D eigenvalue weighted by Gasteiger charge is -2.30. The number of carbonyl (C=O) groups excluding carboxylic acids is 1. The Hall–Kier alpha value is -1.09. The largest absolute Gasteiger partial charge is 0.325 e. The van der Waals surface area contributed by atoms with Crippen molar-refractivity contribution in [3.63, 3.8) is 0 Å². The van der Waals surface area contributed by atoms with E-state index in [9.17, 15) is 13.2 Å². The Morgan fingerprint density at radius 1 is 1.36 bits per heavy atom. The van der Waals surface area contributed by atoms with Gasteiger partial charge in [-0.3, -0.25) is 4.79 Å². The number of benzene rings is 1. The van der Waals surface area contributed by atoms with E-state index in [1.807, 2.05) is 6.26 Å². The molecule has 1 aliphatic rings. The summed E-state index contributed by atoms with van der Waals surface area (Å²) in [5.41, 5.74) is 0.538. The first kappa shape index (κ1) is 23.2. The van der Waals surface area contributed by atoms with Crippen LogP contribution in [0.2, 0.25) is 0 Å². The van der Waals surface area contributed by atoms with Crippen LogP contribution in [-0.4, -0.2) is 51.7 Å². The Labute approximate surface area is 173 Å². The van der Waals surface area contributed by atoms with Crippen LogP contribution in [0.5, 0.6) is 0 Å². The van der Waals surface area contributed by atoms with Crippen LogP contribution in [-0.2, 0) is 14.8 Å². The van der Waals surface area contributed by atoms with Crippen molar-refractivity contribution in [1.29, 1.82) is 0 Å². The zero-order valence-corrected chi connectivity index (χ0v) is 19.0. The van der Waals surface area contributed by atoms with Gasteiger partial charge in [0, 0.05) is 23.9 Å². The van der Waals surface area contributed by atoms with Gasteiger partial charge in [0.15, 0.2) is 0 Å². The van der Waals surface area contributed by atoms with Crippen LogP contribution in [0.3, 0.4) is 0 Å². The van der Waals surface area contributed by atoms with Gasteiger partial charge in [-0.15, -0.1) is 11.8 Å². The number of hydrogen-bond donors (Lipinski definition) is 2. The highest BCUT2D eigenvalue weighted by molar-refractivity contribution is 7.98. The molecule has 1 fully saturated rings. The lowest BCUT2D eigenvalue weighted by atomic mass is 10.0. The molecule has 1 heterocycles. The molecule has 0 bridgehead atoms. The van der Waals surface area contributed by atoms with Crippen molar-refractivity contribution in [2.45, 2.75) is 49.8 Å². The number of nitrogens with zero attached hydrogens (tertiary/aromatic N) is 1. The number of anilines is 1. The van der Waals surface area contributed by atoms with Gasteiger partial charge in [-0.2, -0.15) is 0 Å². The molecule has 2 rings (SSSR count). The second kappa shape index (κ2) is 10.6. The van der Waals surface area contributed by atoms with Crippen LogP contribution in [0.1, 0.15) is 40.0 Å². The fourth-order valence-electron chi connectivity index (χ4n) is 3.31. The number of sulfonamides is 1. The third-order valence-corrected chi connectivity index (χ3v) is 7.20. The average molecular weight is 428 g/mol. The van der Waals surface area contributed by atoms with E-state index in [1.54, 1.807) is 32.0 Å². The average Bonchev–Trinajstić information content (AvgIpc) is 2.65. The molecule has 28 heavy (non-hydrogen) atoms. The summed E-state index contributed by atoms with van der Waals surface area (Å²) in [6.07, 6.45) is 5.18. The number of hydrogen-bond acceptors (Lipinski definition) is 5. The highest BCUT2D eigenvalue weighted by atomic mass is 32.2. The fourth-order valence-corrected chi connectivity index (χ4v) is 4.95. The molecule has 0 spiro atoms. The summed E-state index contributed by atoms with van der Waals surface area (Å²) in [4.78, 5) is 15.5. The molecule has 1 atom stereocenters. The summed E-state index contributed by atoms with van der Waals surface area (Å²) in [5.74, 6) is 0.416. The smallest absolute Gasteiger partial charge is 0.240 e. The Bertz CT molecular complexity index is 766. The summed E-state index contributed by atoms with van der Waals surface area (Å²) in [6.45, 7) is 9.40. The third kappa shape index (κ3) is 6.76. The van der Waals surface area contributed by atoms with Gasteiger partial charge in [0.05, 0.1) is 10.6 Å². The Kier molecular flexibility index (Phi) is 8.80. The van der Waals surface area contributed by atoms with Crippen LogP contribution in [0.4, 0.5) is 5.69 Å². The fraction of sp³-hybridized carbons (Fsp3) is 0.650. The van der Waals surface area contributed by atoms with Gasteiger partial charge in [-0.25, -0.2) is 13.1 Å². The molecule has 0 radical (unpaired) electrons. The topological polar surface area (TPSA) is 78.5 Å². The van der Waals surface area contributed by atoms with Gasteiger partial charge in [0.25, 0.3) is 0 Å². The zero-order chi connectivity index (χ0) is 20.7. The van der Waals surface area contributed by atoms with E-state index < -0.39 is 10.0 Å². The second-order valence-corrected chi connectivity index (χ2v) is 10.4. The maximum atomic E-state index is 12.7. The molecule has 8 heteroatoms. The Balaban J connectivity index is 1.97. The Morgan fingerprint density at radius 2 is 2.11 bits per heavy atom. The van der Waals surface area contributed by atoms with Crippen molar-refractivity contribution >= 4 is 33.4 Å². The third-order valence-electron chi connectivity index (χ3n) is 4.95. The first-order valence-electron chi connectivity index (χ1n) is 9.94. The number of likely N-dealkylation sites (tertiary alicyclic amines) is 1. The van der Waals surface area contributed by atoms with Crippen LogP contribution in [0.15, 0.2) is 28.0 Å². The number of thioether (sulfide) groups is 1. The van der Waals surface area contributed by atoms with Crippen LogP contribution in [0, 0.1) is 11.8 Å². The van der Waals surface area contributed by atoms with Gasteiger partial charge < -0.3 is 10.2 Å². The van der Waals surface area contributed by atoms with E-state index in [2.05, 4.69) is 21.9 Å². The quantitative estimate of drug-likeness (QED) is 0.466. The van der Waals surface area contributed by atoms with E-state index in [4.69, 9.17) is 0 Å².